The fourth-order valence-electron chi connectivity index (χ4n) is 4.30. The van der Waals surface area contributed by atoms with E-state index in [1.165, 1.54) is 0 Å². The van der Waals surface area contributed by atoms with E-state index in [1.54, 1.807) is 4.57 Å². The summed E-state index contributed by atoms with van der Waals surface area (Å²) in [5.41, 5.74) is 2.53. The van der Waals surface area contributed by atoms with Gasteiger partial charge in [0.15, 0.2) is 0 Å². The lowest BCUT2D eigenvalue weighted by Crippen LogP contribution is -2.43. The van der Waals surface area contributed by atoms with Gasteiger partial charge >= 0.3 is 0 Å². The Kier molecular flexibility index (Phi) is 5.95. The zero-order chi connectivity index (χ0) is 20.4. The largest absolute Gasteiger partial charge is 0.490 e. The van der Waals surface area contributed by atoms with Crippen LogP contribution in [-0.2, 0) is 11.3 Å². The van der Waals surface area contributed by atoms with E-state index in [-0.39, 0.29) is 10.6 Å². The number of hydrogen-bond donors (Lipinski definition) is 0. The van der Waals surface area contributed by atoms with Gasteiger partial charge in [-0.2, -0.15) is 0 Å². The summed E-state index contributed by atoms with van der Waals surface area (Å²) in [6, 6.07) is 8.33. The first-order valence-electron chi connectivity index (χ1n) is 10.5. The van der Waals surface area contributed by atoms with E-state index in [0.29, 0.717) is 37.8 Å². The molecule has 1 aliphatic carbocycles. The van der Waals surface area contributed by atoms with Crippen LogP contribution in [-0.4, -0.2) is 29.5 Å². The Morgan fingerprint density at radius 3 is 2.72 bits per heavy atom. The second kappa shape index (κ2) is 8.62. The Hall–Kier alpha value is -2.27. The number of pyridine rings is 1. The van der Waals surface area contributed by atoms with Gasteiger partial charge in [0, 0.05) is 37.2 Å². The second-order valence-electron chi connectivity index (χ2n) is 7.89. The predicted octanol–water partition coefficient (Wildman–Crippen LogP) is 4.68. The molecule has 1 aromatic heterocycles. The number of Topliss-reactive ketones (excluding diaryl/α,β-unsaturated/α-hetero) is 1. The molecule has 29 heavy (non-hydrogen) atoms. The Morgan fingerprint density at radius 1 is 1.17 bits per heavy atom. The molecule has 1 aliphatic heterocycles. The molecular formula is C23H27ClN2O3. The van der Waals surface area contributed by atoms with E-state index in [0.717, 1.165) is 54.8 Å². The fourth-order valence-corrected chi connectivity index (χ4v) is 4.58. The Morgan fingerprint density at radius 2 is 1.97 bits per heavy atom. The van der Waals surface area contributed by atoms with Gasteiger partial charge in [0.05, 0.1) is 12.2 Å². The molecule has 0 radical (unpaired) electrons. The Bertz CT molecular complexity index is 959. The number of anilines is 1. The highest BCUT2D eigenvalue weighted by Crippen LogP contribution is 2.39. The number of aromatic nitrogens is 1. The topological polar surface area (TPSA) is 51.5 Å². The lowest BCUT2D eigenvalue weighted by Gasteiger charge is -2.39. The molecule has 0 unspecified atom stereocenters. The van der Waals surface area contributed by atoms with E-state index in [2.05, 4.69) is 17.9 Å². The van der Waals surface area contributed by atoms with Gasteiger partial charge in [-0.1, -0.05) is 31.0 Å². The molecule has 1 aromatic carbocycles. The quantitative estimate of drug-likeness (QED) is 0.712. The average molecular weight is 415 g/mol. The zero-order valence-electron chi connectivity index (χ0n) is 16.8. The van der Waals surface area contributed by atoms with Crippen molar-refractivity contribution in [1.29, 1.82) is 0 Å². The van der Waals surface area contributed by atoms with E-state index in [9.17, 15) is 9.59 Å². The molecule has 0 saturated heterocycles. The molecule has 0 amide bonds. The van der Waals surface area contributed by atoms with Crippen molar-refractivity contribution in [1.82, 2.24) is 4.57 Å². The third kappa shape index (κ3) is 4.06. The van der Waals surface area contributed by atoms with Gasteiger partial charge in [0.25, 0.3) is 5.56 Å². The van der Waals surface area contributed by atoms with Crippen LogP contribution >= 0.6 is 11.6 Å². The van der Waals surface area contributed by atoms with Crippen molar-refractivity contribution in [2.24, 2.45) is 0 Å². The van der Waals surface area contributed by atoms with Crippen molar-refractivity contribution < 1.29 is 9.53 Å². The number of aryl methyl sites for hydroxylation is 1. The van der Waals surface area contributed by atoms with Gasteiger partial charge in [-0.15, -0.1) is 0 Å². The number of carbonyl (C=O) groups is 1. The molecule has 1 saturated carbocycles. The van der Waals surface area contributed by atoms with Crippen LogP contribution in [0.25, 0.3) is 11.1 Å². The highest BCUT2D eigenvalue weighted by atomic mass is 35.5. The third-order valence-electron chi connectivity index (χ3n) is 5.98. The first-order valence-corrected chi connectivity index (χ1v) is 10.9. The van der Waals surface area contributed by atoms with Crippen molar-refractivity contribution in [2.45, 2.75) is 58.0 Å². The first-order chi connectivity index (χ1) is 14.1. The summed E-state index contributed by atoms with van der Waals surface area (Å²) in [5.74, 6) is 1.19. The van der Waals surface area contributed by atoms with Gasteiger partial charge in [-0.05, 0) is 43.0 Å². The normalized spacial score (nSPS) is 17.2. The SMILES string of the molecule is CCCCn1ccc(-c2ccc3c(c2)OCCN3C2CCC(=O)CC2)c(Cl)c1=O. The highest BCUT2D eigenvalue weighted by Gasteiger charge is 2.29. The molecule has 6 heteroatoms. The summed E-state index contributed by atoms with van der Waals surface area (Å²) < 4.78 is 7.62. The Labute approximate surface area is 176 Å². The molecule has 2 aromatic rings. The van der Waals surface area contributed by atoms with Gasteiger partial charge in [0.1, 0.15) is 23.2 Å². The summed E-state index contributed by atoms with van der Waals surface area (Å²) in [7, 11) is 0. The van der Waals surface area contributed by atoms with Crippen molar-refractivity contribution >= 4 is 23.1 Å². The number of carbonyl (C=O) groups excluding carboxylic acids is 1. The maximum atomic E-state index is 12.6. The Balaban J connectivity index is 1.62. The van der Waals surface area contributed by atoms with Crippen LogP contribution in [0.3, 0.4) is 0 Å². The van der Waals surface area contributed by atoms with E-state index < -0.39 is 0 Å². The number of benzene rings is 1. The van der Waals surface area contributed by atoms with Crippen molar-refractivity contribution in [2.75, 3.05) is 18.1 Å². The minimum Gasteiger partial charge on any atom is -0.490 e. The number of ether oxygens (including phenoxy) is 1. The van der Waals surface area contributed by atoms with Crippen LogP contribution < -0.4 is 15.2 Å². The van der Waals surface area contributed by atoms with Crippen molar-refractivity contribution in [3.8, 4) is 16.9 Å². The van der Waals surface area contributed by atoms with Crippen LogP contribution in [0.1, 0.15) is 45.4 Å². The minimum absolute atomic E-state index is 0.148. The highest BCUT2D eigenvalue weighted by molar-refractivity contribution is 6.33. The van der Waals surface area contributed by atoms with E-state index >= 15 is 0 Å². The van der Waals surface area contributed by atoms with Gasteiger partial charge in [-0.3, -0.25) is 9.59 Å². The summed E-state index contributed by atoms with van der Waals surface area (Å²) in [6.45, 7) is 4.23. The number of hydrogen-bond acceptors (Lipinski definition) is 4. The molecule has 4 rings (SSSR count). The monoisotopic (exact) mass is 414 g/mol. The lowest BCUT2D eigenvalue weighted by molar-refractivity contribution is -0.120. The molecule has 0 atom stereocenters. The standard InChI is InChI=1S/C23H27ClN2O3/c1-2-3-11-25-12-10-19(22(24)23(25)28)16-4-9-20-21(15-16)29-14-13-26(20)17-5-7-18(27)8-6-17/h4,9-10,12,15,17H,2-3,5-8,11,13-14H2,1H3. The average Bonchev–Trinajstić information content (AvgIpc) is 2.74. The minimum atomic E-state index is -0.148. The zero-order valence-corrected chi connectivity index (χ0v) is 17.6. The van der Waals surface area contributed by atoms with Crippen molar-refractivity contribution in [3.63, 3.8) is 0 Å². The van der Waals surface area contributed by atoms with Crippen LogP contribution in [0, 0.1) is 0 Å². The van der Waals surface area contributed by atoms with E-state index in [4.69, 9.17) is 16.3 Å². The molecule has 0 N–H and O–H groups in total. The first kappa shape index (κ1) is 20.0. The summed E-state index contributed by atoms with van der Waals surface area (Å²) >= 11 is 6.44. The lowest BCUT2D eigenvalue weighted by atomic mass is 9.92. The van der Waals surface area contributed by atoms with Gasteiger partial charge in [0.2, 0.25) is 0 Å². The number of nitrogens with zero attached hydrogens (tertiary/aromatic N) is 2. The molecule has 2 aliphatic rings. The molecule has 0 spiro atoms. The summed E-state index contributed by atoms with van der Waals surface area (Å²) in [5, 5.41) is 0.252. The number of unbranched alkanes of at least 4 members (excludes halogenated alkanes) is 1. The molecule has 154 valence electrons. The predicted molar refractivity (Wildman–Crippen MR) is 116 cm³/mol. The molecule has 1 fully saturated rings. The number of halogens is 1. The van der Waals surface area contributed by atoms with Crippen LogP contribution in [0.15, 0.2) is 35.3 Å². The molecule has 5 nitrogen and oxygen atoms in total. The van der Waals surface area contributed by atoms with Gasteiger partial charge < -0.3 is 14.2 Å². The molecule has 0 bridgehead atoms. The van der Waals surface area contributed by atoms with Crippen LogP contribution in [0.2, 0.25) is 5.02 Å². The fraction of sp³-hybridized carbons (Fsp3) is 0.478. The van der Waals surface area contributed by atoms with E-state index in [1.807, 2.05) is 24.4 Å². The summed E-state index contributed by atoms with van der Waals surface area (Å²) in [4.78, 5) is 26.6. The number of ketones is 1. The maximum absolute atomic E-state index is 12.6. The smallest absolute Gasteiger partial charge is 0.269 e. The number of fused-ring (bicyclic) bond motifs is 1. The van der Waals surface area contributed by atoms with Crippen LogP contribution in [0.5, 0.6) is 5.75 Å². The summed E-state index contributed by atoms with van der Waals surface area (Å²) in [6.07, 6.45) is 6.94. The molecular weight excluding hydrogens is 388 g/mol. The molecule has 2 heterocycles. The third-order valence-corrected chi connectivity index (χ3v) is 6.35. The van der Waals surface area contributed by atoms with Crippen molar-refractivity contribution in [3.05, 3.63) is 45.8 Å². The van der Waals surface area contributed by atoms with Crippen LogP contribution in [0.4, 0.5) is 5.69 Å². The maximum Gasteiger partial charge on any atom is 0.269 e. The second-order valence-corrected chi connectivity index (χ2v) is 8.27. The number of rotatable bonds is 5. The van der Waals surface area contributed by atoms with Gasteiger partial charge in [-0.25, -0.2) is 0 Å².